The highest BCUT2D eigenvalue weighted by atomic mass is 32.1. The minimum Gasteiger partial charge on any atom is -0.497 e. The van der Waals surface area contributed by atoms with E-state index in [4.69, 9.17) is 14.2 Å². The summed E-state index contributed by atoms with van der Waals surface area (Å²) >= 11 is 1.37. The van der Waals surface area contributed by atoms with Crippen molar-refractivity contribution >= 4 is 22.4 Å². The molecule has 1 amide bonds. The summed E-state index contributed by atoms with van der Waals surface area (Å²) in [6.07, 6.45) is 0.127. The second-order valence-electron chi connectivity index (χ2n) is 6.28. The molecule has 146 valence electrons. The first kappa shape index (κ1) is 19.7. The summed E-state index contributed by atoms with van der Waals surface area (Å²) in [5, 5.41) is 5.24. The molecule has 0 aliphatic rings. The van der Waals surface area contributed by atoms with Crippen molar-refractivity contribution in [3.8, 4) is 28.5 Å². The number of aromatic nitrogens is 1. The number of methoxy groups -OCH3 is 2. The number of nitrogens with one attached hydrogen (secondary N) is 1. The van der Waals surface area contributed by atoms with Crippen LogP contribution in [0.2, 0.25) is 0 Å². The van der Waals surface area contributed by atoms with Gasteiger partial charge in [0.05, 0.1) is 26.0 Å². The minimum atomic E-state index is -0.279. The van der Waals surface area contributed by atoms with Crippen molar-refractivity contribution in [1.82, 2.24) is 4.98 Å². The number of carbonyl (C=O) groups is 1. The van der Waals surface area contributed by atoms with Crippen LogP contribution in [-0.2, 0) is 0 Å². The zero-order valence-corrected chi connectivity index (χ0v) is 17.0. The zero-order valence-electron chi connectivity index (χ0n) is 16.2. The summed E-state index contributed by atoms with van der Waals surface area (Å²) in [4.78, 5) is 17.1. The summed E-state index contributed by atoms with van der Waals surface area (Å²) in [5.74, 6) is 1.63. The number of benzene rings is 2. The molecule has 0 radical (unpaired) electrons. The van der Waals surface area contributed by atoms with Gasteiger partial charge in [0.2, 0.25) is 0 Å². The van der Waals surface area contributed by atoms with Gasteiger partial charge < -0.3 is 14.2 Å². The Balaban J connectivity index is 1.73. The van der Waals surface area contributed by atoms with E-state index >= 15 is 0 Å². The van der Waals surface area contributed by atoms with Crippen molar-refractivity contribution in [2.45, 2.75) is 20.0 Å². The highest BCUT2D eigenvalue weighted by molar-refractivity contribution is 7.14. The fourth-order valence-corrected chi connectivity index (χ4v) is 3.26. The molecule has 28 heavy (non-hydrogen) atoms. The van der Waals surface area contributed by atoms with Crippen LogP contribution in [0, 0.1) is 0 Å². The Morgan fingerprint density at radius 3 is 2.21 bits per heavy atom. The van der Waals surface area contributed by atoms with Gasteiger partial charge in [-0.15, -0.1) is 11.3 Å². The SMILES string of the molecule is COc1cc(OC)cc(C(=O)Nc2nc(-c3ccc(OC(C)C)cc3)cs2)c1. The molecular formula is C21H22N2O4S. The van der Waals surface area contributed by atoms with Gasteiger partial charge >= 0.3 is 0 Å². The summed E-state index contributed by atoms with van der Waals surface area (Å²) in [7, 11) is 3.09. The Hall–Kier alpha value is -3.06. The minimum absolute atomic E-state index is 0.127. The first-order valence-electron chi connectivity index (χ1n) is 8.75. The van der Waals surface area contributed by atoms with Crippen LogP contribution in [0.15, 0.2) is 47.8 Å². The lowest BCUT2D eigenvalue weighted by Crippen LogP contribution is -2.12. The van der Waals surface area contributed by atoms with Gasteiger partial charge in [-0.1, -0.05) is 0 Å². The van der Waals surface area contributed by atoms with Gasteiger partial charge in [0, 0.05) is 22.6 Å². The maximum absolute atomic E-state index is 12.6. The van der Waals surface area contributed by atoms with Crippen LogP contribution in [-0.4, -0.2) is 31.2 Å². The Morgan fingerprint density at radius 2 is 1.64 bits per heavy atom. The van der Waals surface area contributed by atoms with Gasteiger partial charge in [0.15, 0.2) is 5.13 Å². The van der Waals surface area contributed by atoms with Crippen LogP contribution in [0.3, 0.4) is 0 Å². The lowest BCUT2D eigenvalue weighted by molar-refractivity contribution is 0.102. The molecule has 0 bridgehead atoms. The van der Waals surface area contributed by atoms with Crippen molar-refractivity contribution in [2.24, 2.45) is 0 Å². The van der Waals surface area contributed by atoms with Gasteiger partial charge in [-0.2, -0.15) is 0 Å². The number of nitrogens with zero attached hydrogens (tertiary/aromatic N) is 1. The molecule has 3 rings (SSSR count). The number of anilines is 1. The van der Waals surface area contributed by atoms with E-state index in [-0.39, 0.29) is 12.0 Å². The van der Waals surface area contributed by atoms with E-state index in [0.717, 1.165) is 17.0 Å². The van der Waals surface area contributed by atoms with Gasteiger partial charge in [-0.3, -0.25) is 10.1 Å². The summed E-state index contributed by atoms with van der Waals surface area (Å²) in [6, 6.07) is 12.7. The van der Waals surface area contributed by atoms with Crippen molar-refractivity contribution in [3.05, 3.63) is 53.4 Å². The lowest BCUT2D eigenvalue weighted by atomic mass is 10.2. The number of hydrogen-bond acceptors (Lipinski definition) is 6. The Labute approximate surface area is 168 Å². The average molecular weight is 398 g/mol. The molecule has 1 N–H and O–H groups in total. The predicted octanol–water partition coefficient (Wildman–Crippen LogP) is 4.87. The smallest absolute Gasteiger partial charge is 0.257 e. The maximum Gasteiger partial charge on any atom is 0.257 e. The highest BCUT2D eigenvalue weighted by Crippen LogP contribution is 2.28. The number of carbonyl (C=O) groups excluding carboxylic acids is 1. The number of ether oxygens (including phenoxy) is 3. The third-order valence-corrected chi connectivity index (χ3v) is 4.62. The number of amides is 1. The topological polar surface area (TPSA) is 69.7 Å². The molecule has 0 saturated heterocycles. The van der Waals surface area contributed by atoms with E-state index in [1.807, 2.05) is 43.5 Å². The quantitative estimate of drug-likeness (QED) is 0.615. The molecule has 1 heterocycles. The maximum atomic E-state index is 12.6. The van der Waals surface area contributed by atoms with E-state index in [0.29, 0.717) is 22.2 Å². The molecule has 3 aromatic rings. The van der Waals surface area contributed by atoms with Crippen molar-refractivity contribution < 1.29 is 19.0 Å². The molecule has 0 fully saturated rings. The van der Waals surface area contributed by atoms with E-state index in [1.165, 1.54) is 11.3 Å². The van der Waals surface area contributed by atoms with Crippen LogP contribution < -0.4 is 19.5 Å². The van der Waals surface area contributed by atoms with Gasteiger partial charge in [-0.25, -0.2) is 4.98 Å². The van der Waals surface area contributed by atoms with E-state index in [2.05, 4.69) is 10.3 Å². The standard InChI is InChI=1S/C21H22N2O4S/c1-13(2)27-16-7-5-14(6-8-16)19-12-28-21(22-19)23-20(24)15-9-17(25-3)11-18(10-15)26-4/h5-13H,1-4H3,(H,22,23,24). The lowest BCUT2D eigenvalue weighted by Gasteiger charge is -2.09. The first-order valence-corrected chi connectivity index (χ1v) is 9.63. The monoisotopic (exact) mass is 398 g/mol. The zero-order chi connectivity index (χ0) is 20.1. The molecule has 0 saturated carbocycles. The van der Waals surface area contributed by atoms with Gasteiger partial charge in [0.1, 0.15) is 17.2 Å². The van der Waals surface area contributed by atoms with Crippen LogP contribution in [0.5, 0.6) is 17.2 Å². The van der Waals surface area contributed by atoms with Gasteiger partial charge in [-0.05, 0) is 50.2 Å². The second-order valence-corrected chi connectivity index (χ2v) is 7.14. The molecule has 0 spiro atoms. The van der Waals surface area contributed by atoms with Crippen LogP contribution in [0.25, 0.3) is 11.3 Å². The third-order valence-electron chi connectivity index (χ3n) is 3.86. The molecule has 6 nitrogen and oxygen atoms in total. The highest BCUT2D eigenvalue weighted by Gasteiger charge is 2.13. The summed E-state index contributed by atoms with van der Waals surface area (Å²) < 4.78 is 16.1. The fourth-order valence-electron chi connectivity index (χ4n) is 2.55. The Kier molecular flexibility index (Phi) is 6.16. The predicted molar refractivity (Wildman–Crippen MR) is 111 cm³/mol. The van der Waals surface area contributed by atoms with E-state index < -0.39 is 0 Å². The Morgan fingerprint density at radius 1 is 1.00 bits per heavy atom. The second kappa shape index (κ2) is 8.75. The van der Waals surface area contributed by atoms with Crippen molar-refractivity contribution in [2.75, 3.05) is 19.5 Å². The van der Waals surface area contributed by atoms with E-state index in [1.54, 1.807) is 32.4 Å². The molecule has 0 aliphatic carbocycles. The third kappa shape index (κ3) is 4.80. The molecule has 0 aliphatic heterocycles. The van der Waals surface area contributed by atoms with Gasteiger partial charge in [0.25, 0.3) is 5.91 Å². The first-order chi connectivity index (χ1) is 13.5. The largest absolute Gasteiger partial charge is 0.497 e. The molecule has 0 atom stereocenters. The number of hydrogen-bond donors (Lipinski definition) is 1. The molecule has 1 aromatic heterocycles. The van der Waals surface area contributed by atoms with E-state index in [9.17, 15) is 4.79 Å². The Bertz CT molecular complexity index is 929. The molecule has 2 aromatic carbocycles. The van der Waals surface area contributed by atoms with Crippen molar-refractivity contribution in [3.63, 3.8) is 0 Å². The average Bonchev–Trinajstić information content (AvgIpc) is 3.16. The van der Waals surface area contributed by atoms with Crippen LogP contribution in [0.4, 0.5) is 5.13 Å². The number of rotatable bonds is 7. The summed E-state index contributed by atoms with van der Waals surface area (Å²) in [6.45, 7) is 3.97. The van der Waals surface area contributed by atoms with Crippen LogP contribution in [0.1, 0.15) is 24.2 Å². The number of thiazole rings is 1. The fraction of sp³-hybridized carbons (Fsp3) is 0.238. The van der Waals surface area contributed by atoms with Crippen LogP contribution >= 0.6 is 11.3 Å². The summed E-state index contributed by atoms with van der Waals surface area (Å²) in [5.41, 5.74) is 2.18. The van der Waals surface area contributed by atoms with Crippen molar-refractivity contribution in [1.29, 1.82) is 0 Å². The molecule has 7 heteroatoms. The normalized spacial score (nSPS) is 10.6. The molecule has 0 unspecified atom stereocenters. The molecular weight excluding hydrogens is 376 g/mol.